The molecule has 0 spiro atoms. The van der Waals surface area contributed by atoms with Crippen molar-refractivity contribution in [2.75, 3.05) is 40.0 Å². The highest BCUT2D eigenvalue weighted by atomic mass is 79.9. The Balaban J connectivity index is 1.84. The molecular weight excluding hydrogens is 326 g/mol. The highest BCUT2D eigenvalue weighted by Gasteiger charge is 2.29. The molecule has 2 rings (SSSR count). The number of nitrogens with zero attached hydrogens (tertiary/aromatic N) is 1. The minimum atomic E-state index is -0.333. The zero-order chi connectivity index (χ0) is 14.4. The van der Waals surface area contributed by atoms with Crippen LogP contribution in [-0.4, -0.2) is 56.9 Å². The number of ether oxygens (including phenoxy) is 3. The van der Waals surface area contributed by atoms with Gasteiger partial charge in [-0.1, -0.05) is 22.0 Å². The number of rotatable bonds is 5. The number of hydrogen-bond acceptors (Lipinski definition) is 5. The van der Waals surface area contributed by atoms with Crippen LogP contribution in [0.25, 0.3) is 0 Å². The molecular formula is C14H18BrNO4. The third kappa shape index (κ3) is 4.19. The second-order valence-electron chi connectivity index (χ2n) is 4.46. The predicted octanol–water partition coefficient (Wildman–Crippen LogP) is 1.70. The Labute approximate surface area is 126 Å². The van der Waals surface area contributed by atoms with Crippen LogP contribution in [0.2, 0.25) is 0 Å². The predicted molar refractivity (Wildman–Crippen MR) is 77.8 cm³/mol. The molecule has 1 aromatic carbocycles. The summed E-state index contributed by atoms with van der Waals surface area (Å²) in [5.41, 5.74) is 0. The first-order valence-electron chi connectivity index (χ1n) is 6.48. The molecule has 1 aliphatic rings. The van der Waals surface area contributed by atoms with Crippen LogP contribution < -0.4 is 4.74 Å². The summed E-state index contributed by atoms with van der Waals surface area (Å²) in [6, 6.07) is 7.35. The maximum absolute atomic E-state index is 11.7. The van der Waals surface area contributed by atoms with Gasteiger partial charge in [0.2, 0.25) is 0 Å². The maximum Gasteiger partial charge on any atom is 0.325 e. The molecule has 5 nitrogen and oxygen atoms in total. The smallest absolute Gasteiger partial charge is 0.325 e. The van der Waals surface area contributed by atoms with Gasteiger partial charge in [-0.05, 0) is 18.2 Å². The van der Waals surface area contributed by atoms with Gasteiger partial charge in [0.15, 0.2) is 0 Å². The van der Waals surface area contributed by atoms with E-state index < -0.39 is 0 Å². The van der Waals surface area contributed by atoms with Crippen LogP contribution in [0.5, 0.6) is 5.75 Å². The van der Waals surface area contributed by atoms with E-state index in [9.17, 15) is 4.79 Å². The largest absolute Gasteiger partial charge is 0.492 e. The summed E-state index contributed by atoms with van der Waals surface area (Å²) in [6.07, 6.45) is 0. The first-order chi connectivity index (χ1) is 9.70. The molecule has 0 radical (unpaired) electrons. The molecule has 0 bridgehead atoms. The van der Waals surface area contributed by atoms with Crippen LogP contribution in [0.4, 0.5) is 0 Å². The fraction of sp³-hybridized carbons (Fsp3) is 0.500. The van der Waals surface area contributed by atoms with Gasteiger partial charge in [0.1, 0.15) is 18.4 Å². The lowest BCUT2D eigenvalue weighted by Gasteiger charge is -2.33. The number of morpholine rings is 1. The molecule has 0 N–H and O–H groups in total. The molecule has 1 atom stereocenters. The number of esters is 1. The molecule has 0 aromatic heterocycles. The Bertz CT molecular complexity index is 455. The molecule has 0 aliphatic carbocycles. The summed E-state index contributed by atoms with van der Waals surface area (Å²) < 4.78 is 16.8. The van der Waals surface area contributed by atoms with E-state index in [0.29, 0.717) is 32.9 Å². The van der Waals surface area contributed by atoms with Gasteiger partial charge in [-0.15, -0.1) is 0 Å². The Morgan fingerprint density at radius 3 is 3.15 bits per heavy atom. The van der Waals surface area contributed by atoms with E-state index in [1.165, 1.54) is 7.11 Å². The molecule has 1 heterocycles. The van der Waals surface area contributed by atoms with Gasteiger partial charge >= 0.3 is 5.97 Å². The number of halogens is 1. The van der Waals surface area contributed by atoms with Crippen molar-refractivity contribution >= 4 is 21.9 Å². The SMILES string of the molecule is COC(=O)C1COCCN1CCOc1cccc(Br)c1. The second kappa shape index (κ2) is 7.61. The summed E-state index contributed by atoms with van der Waals surface area (Å²) in [6.45, 7) is 2.90. The average Bonchev–Trinajstić information content (AvgIpc) is 2.47. The van der Waals surface area contributed by atoms with Crippen molar-refractivity contribution in [2.45, 2.75) is 6.04 Å². The van der Waals surface area contributed by atoms with E-state index in [4.69, 9.17) is 14.2 Å². The molecule has 1 unspecified atom stereocenters. The topological polar surface area (TPSA) is 48.0 Å². The Kier molecular flexibility index (Phi) is 5.82. The third-order valence-electron chi connectivity index (χ3n) is 3.16. The second-order valence-corrected chi connectivity index (χ2v) is 5.37. The molecule has 0 saturated carbocycles. The molecule has 6 heteroatoms. The molecule has 110 valence electrons. The Morgan fingerprint density at radius 1 is 1.55 bits per heavy atom. The summed E-state index contributed by atoms with van der Waals surface area (Å²) in [5.74, 6) is 0.550. The minimum absolute atomic E-state index is 0.257. The molecule has 1 fully saturated rings. The number of carbonyl (C=O) groups is 1. The summed E-state index contributed by atoms with van der Waals surface area (Å²) >= 11 is 3.40. The van der Waals surface area contributed by atoms with Crippen LogP contribution in [0.1, 0.15) is 0 Å². The molecule has 0 amide bonds. The van der Waals surface area contributed by atoms with Gasteiger partial charge in [0.25, 0.3) is 0 Å². The highest BCUT2D eigenvalue weighted by Crippen LogP contribution is 2.18. The van der Waals surface area contributed by atoms with Gasteiger partial charge in [0.05, 0.1) is 20.3 Å². The molecule has 1 saturated heterocycles. The highest BCUT2D eigenvalue weighted by molar-refractivity contribution is 9.10. The quantitative estimate of drug-likeness (QED) is 0.761. The minimum Gasteiger partial charge on any atom is -0.492 e. The number of carbonyl (C=O) groups excluding carboxylic acids is 1. The zero-order valence-corrected chi connectivity index (χ0v) is 13.0. The fourth-order valence-electron chi connectivity index (χ4n) is 2.10. The number of methoxy groups -OCH3 is 1. The molecule has 1 aromatic rings. The Hall–Kier alpha value is -1.11. The maximum atomic E-state index is 11.7. The van der Waals surface area contributed by atoms with Gasteiger partial charge < -0.3 is 14.2 Å². The lowest BCUT2D eigenvalue weighted by atomic mass is 10.2. The van der Waals surface area contributed by atoms with Crippen LogP contribution in [-0.2, 0) is 14.3 Å². The lowest BCUT2D eigenvalue weighted by molar-refractivity contribution is -0.153. The average molecular weight is 344 g/mol. The normalized spacial score (nSPS) is 19.6. The third-order valence-corrected chi connectivity index (χ3v) is 3.65. The molecule has 1 aliphatic heterocycles. The van der Waals surface area contributed by atoms with Gasteiger partial charge in [-0.2, -0.15) is 0 Å². The zero-order valence-electron chi connectivity index (χ0n) is 11.4. The molecule has 20 heavy (non-hydrogen) atoms. The van der Waals surface area contributed by atoms with E-state index >= 15 is 0 Å². The van der Waals surface area contributed by atoms with E-state index in [-0.39, 0.29) is 12.0 Å². The summed E-state index contributed by atoms with van der Waals surface area (Å²) in [4.78, 5) is 13.7. The first-order valence-corrected chi connectivity index (χ1v) is 7.28. The standard InChI is InChI=1S/C14H18BrNO4/c1-18-14(17)13-10-19-7-5-16(13)6-8-20-12-4-2-3-11(15)9-12/h2-4,9,13H,5-8,10H2,1H3. The summed E-state index contributed by atoms with van der Waals surface area (Å²) in [7, 11) is 1.40. The fourth-order valence-corrected chi connectivity index (χ4v) is 2.47. The van der Waals surface area contributed by atoms with Crippen molar-refractivity contribution in [3.05, 3.63) is 28.7 Å². The van der Waals surface area contributed by atoms with Gasteiger partial charge in [-0.3, -0.25) is 9.69 Å². The summed E-state index contributed by atoms with van der Waals surface area (Å²) in [5, 5.41) is 0. The van der Waals surface area contributed by atoms with Crippen molar-refractivity contribution in [1.29, 1.82) is 0 Å². The van der Waals surface area contributed by atoms with Crippen molar-refractivity contribution in [3.8, 4) is 5.75 Å². The van der Waals surface area contributed by atoms with E-state index in [0.717, 1.165) is 10.2 Å². The van der Waals surface area contributed by atoms with Crippen LogP contribution >= 0.6 is 15.9 Å². The van der Waals surface area contributed by atoms with Crippen molar-refractivity contribution in [3.63, 3.8) is 0 Å². The van der Waals surface area contributed by atoms with Crippen LogP contribution in [0.3, 0.4) is 0 Å². The number of hydrogen-bond donors (Lipinski definition) is 0. The monoisotopic (exact) mass is 343 g/mol. The Morgan fingerprint density at radius 2 is 2.40 bits per heavy atom. The van der Waals surface area contributed by atoms with Gasteiger partial charge in [-0.25, -0.2) is 0 Å². The van der Waals surface area contributed by atoms with E-state index in [1.807, 2.05) is 29.2 Å². The number of benzene rings is 1. The van der Waals surface area contributed by atoms with Gasteiger partial charge in [0, 0.05) is 17.6 Å². The first kappa shape index (κ1) is 15.3. The van der Waals surface area contributed by atoms with Crippen molar-refractivity contribution < 1.29 is 19.0 Å². The van der Waals surface area contributed by atoms with Crippen molar-refractivity contribution in [1.82, 2.24) is 4.90 Å². The van der Waals surface area contributed by atoms with Crippen molar-refractivity contribution in [2.24, 2.45) is 0 Å². The van der Waals surface area contributed by atoms with E-state index in [2.05, 4.69) is 15.9 Å². The lowest BCUT2D eigenvalue weighted by Crippen LogP contribution is -2.51. The van der Waals surface area contributed by atoms with E-state index in [1.54, 1.807) is 0 Å². The van der Waals surface area contributed by atoms with Crippen LogP contribution in [0, 0.1) is 0 Å². The van der Waals surface area contributed by atoms with Crippen LogP contribution in [0.15, 0.2) is 28.7 Å².